The molecule has 14 nitrogen and oxygen atoms in total. The summed E-state index contributed by atoms with van der Waals surface area (Å²) in [6.45, 7) is 12.3. The summed E-state index contributed by atoms with van der Waals surface area (Å²) < 4.78 is 11.9. The highest BCUT2D eigenvalue weighted by Crippen LogP contribution is 2.36. The lowest BCUT2D eigenvalue weighted by atomic mass is 9.85. The number of nitrogens with one attached hydrogen (secondary N) is 1. The minimum Gasteiger partial charge on any atom is -0.492 e. The summed E-state index contributed by atoms with van der Waals surface area (Å²) in [5, 5.41) is 14.7. The molecule has 16 heteroatoms. The average molecular weight is 1020 g/mol. The molecule has 4 aromatic carbocycles. The molecule has 2 saturated heterocycles. The SMILES string of the molecule is CC(=O)N(OCCOCC(=O)N1CCN(CCOc2ccc(/C(=C(/CCCl)c3ccccc3)c3ccccc3)cc2)CC1)[C@H](C(=O)N1C[C@H](O)C[C@H]1C(=O)NCc1ccc(-c2scnc2C)cc1)C(C)(C)C. The number of aryl methyl sites for hydroxylation is 1. The summed E-state index contributed by atoms with van der Waals surface area (Å²) in [7, 11) is 0. The lowest BCUT2D eigenvalue weighted by Crippen LogP contribution is -2.58. The molecule has 7 rings (SSSR count). The Hall–Kier alpha value is -5.94. The lowest BCUT2D eigenvalue weighted by molar-refractivity contribution is -0.218. The normalized spacial score (nSPS) is 17.0. The number of aliphatic hydroxyl groups excluding tert-OH is 1. The van der Waals surface area contributed by atoms with E-state index < -0.39 is 41.3 Å². The van der Waals surface area contributed by atoms with Gasteiger partial charge in [0, 0.05) is 65.0 Å². The van der Waals surface area contributed by atoms with Crippen molar-refractivity contribution in [1.29, 1.82) is 0 Å². The van der Waals surface area contributed by atoms with Crippen LogP contribution in [0.25, 0.3) is 21.6 Å². The number of ether oxygens (including phenoxy) is 2. The molecule has 0 radical (unpaired) electrons. The van der Waals surface area contributed by atoms with Gasteiger partial charge >= 0.3 is 0 Å². The van der Waals surface area contributed by atoms with Crippen molar-refractivity contribution < 1.29 is 38.6 Å². The second-order valence-corrected chi connectivity index (χ2v) is 20.4. The van der Waals surface area contributed by atoms with Crippen molar-refractivity contribution in [2.75, 3.05) is 71.6 Å². The first-order chi connectivity index (χ1) is 34.7. The van der Waals surface area contributed by atoms with E-state index in [4.69, 9.17) is 25.9 Å². The maximum Gasteiger partial charge on any atom is 0.249 e. The van der Waals surface area contributed by atoms with Gasteiger partial charge < -0.3 is 29.7 Å². The first-order valence-corrected chi connectivity index (χ1v) is 26.0. The Morgan fingerprint density at radius 3 is 2.12 bits per heavy atom. The van der Waals surface area contributed by atoms with Crippen molar-refractivity contribution in [2.24, 2.45) is 5.41 Å². The summed E-state index contributed by atoms with van der Waals surface area (Å²) in [5.74, 6) is -0.296. The summed E-state index contributed by atoms with van der Waals surface area (Å²) in [6, 6.07) is 34.8. The molecular formula is C56H67ClN6O8S. The highest BCUT2D eigenvalue weighted by atomic mass is 35.5. The first kappa shape index (κ1) is 53.8. The quantitative estimate of drug-likeness (QED) is 0.0323. The van der Waals surface area contributed by atoms with Crippen LogP contribution in [-0.2, 0) is 35.3 Å². The molecule has 0 bridgehead atoms. The van der Waals surface area contributed by atoms with E-state index in [1.165, 1.54) is 17.4 Å². The van der Waals surface area contributed by atoms with Crippen LogP contribution < -0.4 is 10.1 Å². The number of halogens is 1. The van der Waals surface area contributed by atoms with E-state index in [-0.39, 0.29) is 45.2 Å². The Bertz CT molecular complexity index is 2600. The third-order valence-electron chi connectivity index (χ3n) is 13.0. The largest absolute Gasteiger partial charge is 0.492 e. The molecule has 0 unspecified atom stereocenters. The Labute approximate surface area is 432 Å². The zero-order chi connectivity index (χ0) is 51.2. The van der Waals surface area contributed by atoms with Crippen molar-refractivity contribution in [3.63, 3.8) is 0 Å². The van der Waals surface area contributed by atoms with Gasteiger partial charge in [-0.2, -0.15) is 0 Å². The van der Waals surface area contributed by atoms with Gasteiger partial charge in [0.05, 0.1) is 35.4 Å². The molecule has 0 saturated carbocycles. The predicted molar refractivity (Wildman–Crippen MR) is 282 cm³/mol. The van der Waals surface area contributed by atoms with Crippen LogP contribution in [0.3, 0.4) is 0 Å². The second kappa shape index (κ2) is 25.6. The maximum atomic E-state index is 14.4. The minimum atomic E-state index is -1.13. The van der Waals surface area contributed by atoms with Crippen LogP contribution in [0, 0.1) is 12.3 Å². The number of β-amino-alcohol motifs (C(OH)–C–C–N with tert-alkyl or cyclic N) is 1. The number of hydrogen-bond donors (Lipinski definition) is 2. The number of hydrogen-bond acceptors (Lipinski definition) is 11. The summed E-state index contributed by atoms with van der Waals surface area (Å²) in [5.41, 5.74) is 9.55. The van der Waals surface area contributed by atoms with Crippen LogP contribution >= 0.6 is 22.9 Å². The fraction of sp³-hybridized carbons (Fsp3) is 0.411. The van der Waals surface area contributed by atoms with Crippen LogP contribution in [0.4, 0.5) is 0 Å². The van der Waals surface area contributed by atoms with E-state index in [0.29, 0.717) is 45.2 Å². The van der Waals surface area contributed by atoms with Gasteiger partial charge in [-0.3, -0.25) is 28.9 Å². The van der Waals surface area contributed by atoms with Gasteiger partial charge in [0.25, 0.3) is 0 Å². The van der Waals surface area contributed by atoms with E-state index in [2.05, 4.69) is 75.9 Å². The van der Waals surface area contributed by atoms with E-state index in [1.54, 1.807) is 37.0 Å². The first-order valence-electron chi connectivity index (χ1n) is 24.6. The number of carbonyl (C=O) groups excluding carboxylic acids is 4. The number of alkyl halides is 1. The highest BCUT2D eigenvalue weighted by molar-refractivity contribution is 7.13. The van der Waals surface area contributed by atoms with Gasteiger partial charge in [-0.05, 0) is 69.9 Å². The van der Waals surface area contributed by atoms with Crippen LogP contribution in [0.15, 0.2) is 115 Å². The number of amides is 4. The molecule has 3 heterocycles. The number of carbonyl (C=O) groups is 4. The van der Waals surface area contributed by atoms with E-state index in [9.17, 15) is 24.3 Å². The fourth-order valence-corrected chi connectivity index (χ4v) is 10.2. The van der Waals surface area contributed by atoms with E-state index in [1.807, 2.05) is 61.0 Å². The molecule has 5 aromatic rings. The molecule has 0 aliphatic carbocycles. The van der Waals surface area contributed by atoms with Crippen LogP contribution in [-0.4, -0.2) is 143 Å². The van der Waals surface area contributed by atoms with Crippen molar-refractivity contribution in [3.8, 4) is 16.2 Å². The van der Waals surface area contributed by atoms with Gasteiger partial charge in [-0.15, -0.1) is 22.9 Å². The molecule has 0 spiro atoms. The van der Waals surface area contributed by atoms with Crippen molar-refractivity contribution in [2.45, 2.75) is 72.2 Å². The Kier molecular flexibility index (Phi) is 19.2. The van der Waals surface area contributed by atoms with E-state index in [0.717, 1.165) is 61.2 Å². The van der Waals surface area contributed by atoms with Crippen molar-refractivity contribution >= 4 is 57.7 Å². The third kappa shape index (κ3) is 14.2. The van der Waals surface area contributed by atoms with Gasteiger partial charge in [-0.25, -0.2) is 10.0 Å². The number of nitrogens with zero attached hydrogens (tertiary/aromatic N) is 5. The molecule has 1 aromatic heterocycles. The third-order valence-corrected chi connectivity index (χ3v) is 14.1. The molecular weight excluding hydrogens is 952 g/mol. The Morgan fingerprint density at radius 1 is 0.861 bits per heavy atom. The van der Waals surface area contributed by atoms with Crippen molar-refractivity contribution in [1.82, 2.24) is 30.1 Å². The number of aromatic nitrogens is 1. The number of rotatable bonds is 21. The molecule has 72 heavy (non-hydrogen) atoms. The molecule has 2 fully saturated rings. The number of benzene rings is 4. The molecule has 2 aliphatic rings. The summed E-state index contributed by atoms with van der Waals surface area (Å²) >= 11 is 7.91. The zero-order valence-corrected chi connectivity index (χ0v) is 43.5. The van der Waals surface area contributed by atoms with E-state index >= 15 is 0 Å². The van der Waals surface area contributed by atoms with Crippen LogP contribution in [0.2, 0.25) is 0 Å². The number of likely N-dealkylation sites (tertiary alicyclic amines) is 1. The fourth-order valence-electron chi connectivity index (χ4n) is 9.24. The second-order valence-electron chi connectivity index (χ2n) is 19.2. The number of piperazine rings is 1. The molecule has 4 amide bonds. The predicted octanol–water partition coefficient (Wildman–Crippen LogP) is 7.72. The zero-order valence-electron chi connectivity index (χ0n) is 41.9. The molecule has 382 valence electrons. The molecule has 2 aliphatic heterocycles. The maximum absolute atomic E-state index is 14.4. The minimum absolute atomic E-state index is 0.0113. The van der Waals surface area contributed by atoms with Crippen LogP contribution in [0.5, 0.6) is 5.75 Å². The average Bonchev–Trinajstić information content (AvgIpc) is 4.00. The Morgan fingerprint density at radius 2 is 1.51 bits per heavy atom. The van der Waals surface area contributed by atoms with Crippen LogP contribution in [0.1, 0.15) is 68.5 Å². The summed E-state index contributed by atoms with van der Waals surface area (Å²) in [6.07, 6.45) is -0.136. The van der Waals surface area contributed by atoms with Gasteiger partial charge in [0.2, 0.25) is 23.6 Å². The monoisotopic (exact) mass is 1020 g/mol. The van der Waals surface area contributed by atoms with Crippen molar-refractivity contribution in [3.05, 3.63) is 143 Å². The standard InChI is InChI=1S/C56H67ClN6O8S/c1-39-52(72-38-59-39)45-18-16-41(17-19-45)35-58-54(67)49-34-46(65)36-62(49)55(68)53(56(3,4)5)63(40(2)64)71-33-32-69-37-50(66)61-28-26-60(27-29-61)30-31-70-47-22-20-44(21-23-47)51(43-14-10-7-11-15-43)48(24-25-57)42-12-8-6-9-13-42/h6-23,38,46,49,53,65H,24-37H2,1-5H3,(H,58,67)/b51-48-/t46-,49+,53-/m1/s1. The number of allylic oxidation sites excluding steroid dienone is 1. The lowest BCUT2D eigenvalue weighted by Gasteiger charge is -2.40. The smallest absolute Gasteiger partial charge is 0.249 e. The number of hydroxylamine groups is 2. The topological polar surface area (TPSA) is 154 Å². The molecule has 3 atom stereocenters. The molecule has 2 N–H and O–H groups in total. The van der Waals surface area contributed by atoms with Gasteiger partial charge in [0.15, 0.2) is 0 Å². The number of aliphatic hydroxyl groups is 1. The highest BCUT2D eigenvalue weighted by Gasteiger charge is 2.47. The van der Waals surface area contributed by atoms with Gasteiger partial charge in [0.1, 0.15) is 31.0 Å². The Balaban J connectivity index is 0.841. The summed E-state index contributed by atoms with van der Waals surface area (Å²) in [4.78, 5) is 70.9. The van der Waals surface area contributed by atoms with Gasteiger partial charge in [-0.1, -0.05) is 118 Å². The number of thiazole rings is 1.